The van der Waals surface area contributed by atoms with Crippen LogP contribution in [0.2, 0.25) is 0 Å². The SMILES string of the molecule is Cc1ccc(N=C2C=CC(=C(c3ccc(Nc4ccccc4)cc3)c3ccc(Nc4ccccc4)cc3)C=C2)cc1. The number of nitrogens with zero attached hydrogens (tertiary/aromatic N) is 1. The molecule has 6 rings (SSSR count). The van der Waals surface area contributed by atoms with Gasteiger partial charge in [-0.15, -0.1) is 0 Å². The maximum absolute atomic E-state index is 4.81. The lowest BCUT2D eigenvalue weighted by Gasteiger charge is -2.16. The summed E-state index contributed by atoms with van der Waals surface area (Å²) in [6.45, 7) is 2.09. The summed E-state index contributed by atoms with van der Waals surface area (Å²) in [5.41, 5.74) is 12.0. The molecule has 0 unspecified atom stereocenters. The molecule has 0 radical (unpaired) electrons. The molecule has 0 saturated carbocycles. The van der Waals surface area contributed by atoms with Crippen molar-refractivity contribution in [2.24, 2.45) is 4.99 Å². The Morgan fingerprint density at radius 1 is 0.463 bits per heavy atom. The molecule has 0 fully saturated rings. The smallest absolute Gasteiger partial charge is 0.0637 e. The van der Waals surface area contributed by atoms with Crippen molar-refractivity contribution in [3.63, 3.8) is 0 Å². The van der Waals surface area contributed by atoms with Gasteiger partial charge in [-0.3, -0.25) is 0 Å². The van der Waals surface area contributed by atoms with Gasteiger partial charge in [0, 0.05) is 22.7 Å². The van der Waals surface area contributed by atoms with Crippen LogP contribution >= 0.6 is 0 Å². The van der Waals surface area contributed by atoms with E-state index in [-0.39, 0.29) is 0 Å². The Kier molecular flexibility index (Phi) is 7.68. The van der Waals surface area contributed by atoms with Gasteiger partial charge in [-0.25, -0.2) is 4.99 Å². The van der Waals surface area contributed by atoms with Crippen molar-refractivity contribution in [2.75, 3.05) is 10.6 Å². The Morgan fingerprint density at radius 3 is 1.37 bits per heavy atom. The van der Waals surface area contributed by atoms with Gasteiger partial charge in [0.15, 0.2) is 0 Å². The molecule has 5 aromatic rings. The summed E-state index contributed by atoms with van der Waals surface area (Å²) < 4.78 is 0. The van der Waals surface area contributed by atoms with Crippen LogP contribution in [0.4, 0.5) is 28.4 Å². The predicted octanol–water partition coefficient (Wildman–Crippen LogP) is 10.2. The van der Waals surface area contributed by atoms with Crippen molar-refractivity contribution in [3.05, 3.63) is 180 Å². The average molecular weight is 530 g/mol. The second-order valence-corrected chi connectivity index (χ2v) is 10.0. The highest BCUT2D eigenvalue weighted by Gasteiger charge is 2.12. The minimum atomic E-state index is 0.932. The number of anilines is 4. The van der Waals surface area contributed by atoms with Gasteiger partial charge in [0.1, 0.15) is 0 Å². The number of hydrogen-bond acceptors (Lipinski definition) is 3. The molecule has 0 aromatic heterocycles. The summed E-state index contributed by atoms with van der Waals surface area (Å²) in [5, 5.41) is 6.97. The minimum absolute atomic E-state index is 0.932. The number of para-hydroxylation sites is 2. The fourth-order valence-corrected chi connectivity index (χ4v) is 4.79. The zero-order valence-electron chi connectivity index (χ0n) is 23.0. The van der Waals surface area contributed by atoms with Gasteiger partial charge in [-0.2, -0.15) is 0 Å². The number of aryl methyl sites for hydroxylation is 1. The normalized spacial score (nSPS) is 12.2. The zero-order chi connectivity index (χ0) is 27.9. The Balaban J connectivity index is 1.32. The van der Waals surface area contributed by atoms with E-state index in [1.807, 2.05) is 36.4 Å². The number of benzene rings is 5. The summed E-state index contributed by atoms with van der Waals surface area (Å²) in [4.78, 5) is 4.81. The fourth-order valence-electron chi connectivity index (χ4n) is 4.79. The molecular formula is C38H31N3. The van der Waals surface area contributed by atoms with Gasteiger partial charge in [0.25, 0.3) is 0 Å². The highest BCUT2D eigenvalue weighted by molar-refractivity contribution is 6.08. The molecule has 0 amide bonds. The van der Waals surface area contributed by atoms with Crippen molar-refractivity contribution in [3.8, 4) is 0 Å². The van der Waals surface area contributed by atoms with Crippen LogP contribution in [-0.4, -0.2) is 5.71 Å². The van der Waals surface area contributed by atoms with Crippen LogP contribution < -0.4 is 10.6 Å². The van der Waals surface area contributed by atoms with Crippen LogP contribution in [0.5, 0.6) is 0 Å². The van der Waals surface area contributed by atoms with Crippen LogP contribution in [0.1, 0.15) is 16.7 Å². The van der Waals surface area contributed by atoms with Crippen LogP contribution in [0, 0.1) is 6.92 Å². The molecule has 1 aliphatic carbocycles. The van der Waals surface area contributed by atoms with Gasteiger partial charge < -0.3 is 10.6 Å². The summed E-state index contributed by atoms with van der Waals surface area (Å²) >= 11 is 0. The lowest BCUT2D eigenvalue weighted by atomic mass is 9.90. The highest BCUT2D eigenvalue weighted by atomic mass is 14.9. The first kappa shape index (κ1) is 25.8. The van der Waals surface area contributed by atoms with E-state index in [4.69, 9.17) is 4.99 Å². The summed E-state index contributed by atoms with van der Waals surface area (Å²) in [7, 11) is 0. The van der Waals surface area contributed by atoms with E-state index >= 15 is 0 Å². The van der Waals surface area contributed by atoms with Gasteiger partial charge in [0.05, 0.1) is 11.4 Å². The molecule has 198 valence electrons. The van der Waals surface area contributed by atoms with E-state index < -0.39 is 0 Å². The van der Waals surface area contributed by atoms with Crippen LogP contribution in [0.15, 0.2) is 168 Å². The minimum Gasteiger partial charge on any atom is -0.356 e. The lowest BCUT2D eigenvalue weighted by Crippen LogP contribution is -1.99. The molecule has 41 heavy (non-hydrogen) atoms. The van der Waals surface area contributed by atoms with Crippen molar-refractivity contribution in [2.45, 2.75) is 6.92 Å². The molecule has 1 aliphatic rings. The van der Waals surface area contributed by atoms with E-state index in [0.717, 1.165) is 50.8 Å². The number of nitrogens with one attached hydrogen (secondary N) is 2. The third-order valence-corrected chi connectivity index (χ3v) is 6.92. The topological polar surface area (TPSA) is 36.4 Å². The second-order valence-electron chi connectivity index (χ2n) is 10.0. The van der Waals surface area contributed by atoms with E-state index in [0.29, 0.717) is 0 Å². The predicted molar refractivity (Wildman–Crippen MR) is 175 cm³/mol. The fraction of sp³-hybridized carbons (Fsp3) is 0.0263. The van der Waals surface area contributed by atoms with E-state index in [2.05, 4.69) is 139 Å². The lowest BCUT2D eigenvalue weighted by molar-refractivity contribution is 1.43. The first-order valence-electron chi connectivity index (χ1n) is 13.8. The summed E-state index contributed by atoms with van der Waals surface area (Å²) in [6, 6.07) is 46.0. The summed E-state index contributed by atoms with van der Waals surface area (Å²) in [5.74, 6) is 0. The molecule has 0 heterocycles. The number of rotatable bonds is 7. The van der Waals surface area contributed by atoms with Gasteiger partial charge in [0.2, 0.25) is 0 Å². The van der Waals surface area contributed by atoms with Crippen LogP contribution in [0.25, 0.3) is 5.57 Å². The summed E-state index contributed by atoms with van der Waals surface area (Å²) in [6.07, 6.45) is 8.50. The molecule has 0 saturated heterocycles. The number of aliphatic imine (C=N–C) groups is 1. The van der Waals surface area contributed by atoms with Crippen molar-refractivity contribution in [1.82, 2.24) is 0 Å². The van der Waals surface area contributed by atoms with Crippen molar-refractivity contribution in [1.29, 1.82) is 0 Å². The van der Waals surface area contributed by atoms with Gasteiger partial charge in [-0.1, -0.05) is 90.5 Å². The van der Waals surface area contributed by atoms with E-state index in [9.17, 15) is 0 Å². The maximum atomic E-state index is 4.81. The third kappa shape index (κ3) is 6.60. The first-order chi connectivity index (χ1) is 20.2. The first-order valence-corrected chi connectivity index (χ1v) is 13.8. The molecule has 0 spiro atoms. The zero-order valence-corrected chi connectivity index (χ0v) is 23.0. The quantitative estimate of drug-likeness (QED) is 0.220. The number of allylic oxidation sites excluding steroid dienone is 5. The van der Waals surface area contributed by atoms with Crippen LogP contribution in [-0.2, 0) is 0 Å². The molecule has 3 heteroatoms. The maximum Gasteiger partial charge on any atom is 0.0637 e. The Bertz CT molecular complexity index is 1620. The highest BCUT2D eigenvalue weighted by Crippen LogP contribution is 2.32. The molecule has 3 nitrogen and oxygen atoms in total. The Labute approximate surface area is 241 Å². The Morgan fingerprint density at radius 2 is 0.902 bits per heavy atom. The van der Waals surface area contributed by atoms with Crippen molar-refractivity contribution >= 4 is 39.7 Å². The third-order valence-electron chi connectivity index (χ3n) is 6.92. The van der Waals surface area contributed by atoms with Gasteiger partial charge >= 0.3 is 0 Å². The molecular weight excluding hydrogens is 498 g/mol. The number of hydrogen-bond donors (Lipinski definition) is 2. The van der Waals surface area contributed by atoms with Crippen LogP contribution in [0.3, 0.4) is 0 Å². The monoisotopic (exact) mass is 529 g/mol. The second kappa shape index (κ2) is 12.2. The van der Waals surface area contributed by atoms with Gasteiger partial charge in [-0.05, 0) is 102 Å². The average Bonchev–Trinajstić information content (AvgIpc) is 3.02. The molecule has 0 bridgehead atoms. The molecule has 2 N–H and O–H groups in total. The molecule has 0 aliphatic heterocycles. The largest absolute Gasteiger partial charge is 0.356 e. The molecule has 5 aromatic carbocycles. The van der Waals surface area contributed by atoms with E-state index in [1.165, 1.54) is 11.1 Å². The standard InChI is InChI=1S/C38H31N3/c1-28-12-20-34(21-13-28)41-37-26-18-31(19-27-37)38(29-14-22-35(23-15-29)39-32-8-4-2-5-9-32)30-16-24-36(25-17-30)40-33-10-6-3-7-11-33/h2-27,39-40H,1H3. The Hall–Kier alpha value is -5.41. The molecule has 0 atom stereocenters. The van der Waals surface area contributed by atoms with E-state index in [1.54, 1.807) is 0 Å². The van der Waals surface area contributed by atoms with Crippen molar-refractivity contribution < 1.29 is 0 Å².